The molecule has 0 spiro atoms. The van der Waals surface area contributed by atoms with Crippen molar-refractivity contribution in [3.05, 3.63) is 72.4 Å². The summed E-state index contributed by atoms with van der Waals surface area (Å²) in [5, 5.41) is 4.81. The molecule has 3 heterocycles. The minimum absolute atomic E-state index is 0.210. The van der Waals surface area contributed by atoms with E-state index in [2.05, 4.69) is 0 Å². The zero-order chi connectivity index (χ0) is 25.1. The number of hydrogen-bond acceptors (Lipinski definition) is 6. The van der Waals surface area contributed by atoms with Gasteiger partial charge in [-0.1, -0.05) is 42.5 Å². The van der Waals surface area contributed by atoms with E-state index in [0.717, 1.165) is 28.9 Å². The van der Waals surface area contributed by atoms with E-state index in [9.17, 15) is 9.59 Å². The summed E-state index contributed by atoms with van der Waals surface area (Å²) in [6.07, 6.45) is 1.46. The first-order valence-electron chi connectivity index (χ1n) is 12.1. The number of ether oxygens (including phenoxy) is 2. The summed E-state index contributed by atoms with van der Waals surface area (Å²) in [7, 11) is 1.62. The van der Waals surface area contributed by atoms with Crippen LogP contribution in [0.25, 0.3) is 28.2 Å². The number of aromatic nitrogens is 3. The second kappa shape index (κ2) is 10.2. The van der Waals surface area contributed by atoms with Gasteiger partial charge in [-0.25, -0.2) is 9.50 Å². The van der Waals surface area contributed by atoms with Gasteiger partial charge in [-0.05, 0) is 38.0 Å². The number of piperidine rings is 1. The van der Waals surface area contributed by atoms with Gasteiger partial charge >= 0.3 is 5.97 Å². The van der Waals surface area contributed by atoms with Crippen molar-refractivity contribution in [1.29, 1.82) is 0 Å². The van der Waals surface area contributed by atoms with Crippen LogP contribution in [0.4, 0.5) is 0 Å². The molecule has 36 heavy (non-hydrogen) atoms. The van der Waals surface area contributed by atoms with E-state index in [-0.39, 0.29) is 17.8 Å². The quantitative estimate of drug-likeness (QED) is 0.375. The maximum Gasteiger partial charge on any atom is 0.310 e. The fourth-order valence-electron chi connectivity index (χ4n) is 4.60. The number of rotatable bonds is 6. The molecule has 1 fully saturated rings. The van der Waals surface area contributed by atoms with E-state index in [1.807, 2.05) is 60.7 Å². The SMILES string of the molecule is CCOC(=O)[C@@H]1CCCN(C(=O)c2cc(-c3cccc(OC)c3)n3nc(-c4ccccc4)cc3n2)C1. The van der Waals surface area contributed by atoms with Crippen LogP contribution in [0.5, 0.6) is 5.75 Å². The zero-order valence-corrected chi connectivity index (χ0v) is 20.4. The van der Waals surface area contributed by atoms with Crippen molar-refractivity contribution in [1.82, 2.24) is 19.5 Å². The Balaban J connectivity index is 1.57. The molecular formula is C28H28N4O4. The van der Waals surface area contributed by atoms with Crippen LogP contribution in [0.3, 0.4) is 0 Å². The van der Waals surface area contributed by atoms with Gasteiger partial charge in [0.2, 0.25) is 0 Å². The van der Waals surface area contributed by atoms with Crippen LogP contribution in [0.1, 0.15) is 30.3 Å². The van der Waals surface area contributed by atoms with E-state index >= 15 is 0 Å². The highest BCUT2D eigenvalue weighted by atomic mass is 16.5. The Hall–Kier alpha value is -4.20. The molecule has 0 aliphatic carbocycles. The molecule has 1 saturated heterocycles. The molecule has 2 aromatic heterocycles. The van der Waals surface area contributed by atoms with E-state index < -0.39 is 0 Å². The molecule has 8 nitrogen and oxygen atoms in total. The molecular weight excluding hydrogens is 456 g/mol. The lowest BCUT2D eigenvalue weighted by atomic mass is 9.98. The third-order valence-electron chi connectivity index (χ3n) is 6.41. The Morgan fingerprint density at radius 2 is 1.83 bits per heavy atom. The standard InChI is InChI=1S/C28H28N4O4/c1-3-36-28(34)21-12-8-14-31(18-21)27(33)24-16-25(20-11-7-13-22(15-20)35-2)32-26(29-24)17-23(30-32)19-9-5-4-6-10-19/h4-7,9-11,13,15-17,21H,3,8,12,14,18H2,1-2H3/t21-/m1/s1. The Morgan fingerprint density at radius 3 is 2.61 bits per heavy atom. The van der Waals surface area contributed by atoms with Crippen LogP contribution >= 0.6 is 0 Å². The van der Waals surface area contributed by atoms with Crippen molar-refractivity contribution in [2.24, 2.45) is 5.92 Å². The molecule has 0 bridgehead atoms. The third-order valence-corrected chi connectivity index (χ3v) is 6.41. The van der Waals surface area contributed by atoms with Gasteiger partial charge < -0.3 is 14.4 Å². The molecule has 0 N–H and O–H groups in total. The van der Waals surface area contributed by atoms with Crippen LogP contribution in [0.2, 0.25) is 0 Å². The first-order chi connectivity index (χ1) is 17.6. The molecule has 8 heteroatoms. The molecule has 184 valence electrons. The Morgan fingerprint density at radius 1 is 1.03 bits per heavy atom. The van der Waals surface area contributed by atoms with Crippen LogP contribution < -0.4 is 4.74 Å². The number of carbonyl (C=O) groups excluding carboxylic acids is 2. The summed E-state index contributed by atoms with van der Waals surface area (Å²) in [6, 6.07) is 21.1. The average Bonchev–Trinajstić information content (AvgIpc) is 3.37. The van der Waals surface area contributed by atoms with Crippen LogP contribution in [0.15, 0.2) is 66.7 Å². The first kappa shape index (κ1) is 23.5. The summed E-state index contributed by atoms with van der Waals surface area (Å²) in [5.41, 5.74) is 4.17. The number of benzene rings is 2. The first-order valence-corrected chi connectivity index (χ1v) is 12.1. The minimum Gasteiger partial charge on any atom is -0.497 e. The van der Waals surface area contributed by atoms with Gasteiger partial charge in [0.05, 0.1) is 31.0 Å². The zero-order valence-electron chi connectivity index (χ0n) is 20.4. The molecule has 0 saturated carbocycles. The van der Waals surface area contributed by atoms with E-state index in [1.54, 1.807) is 29.5 Å². The average molecular weight is 485 g/mol. The summed E-state index contributed by atoms with van der Waals surface area (Å²) < 4.78 is 12.4. The summed E-state index contributed by atoms with van der Waals surface area (Å²) >= 11 is 0. The lowest BCUT2D eigenvalue weighted by Gasteiger charge is -2.31. The third kappa shape index (κ3) is 4.66. The number of nitrogens with zero attached hydrogens (tertiary/aromatic N) is 4. The monoisotopic (exact) mass is 484 g/mol. The predicted molar refractivity (Wildman–Crippen MR) is 136 cm³/mol. The van der Waals surface area contributed by atoms with E-state index in [0.29, 0.717) is 43.2 Å². The largest absolute Gasteiger partial charge is 0.497 e. The van der Waals surface area contributed by atoms with Crippen molar-refractivity contribution in [2.75, 3.05) is 26.8 Å². The van der Waals surface area contributed by atoms with Gasteiger partial charge in [-0.15, -0.1) is 0 Å². The van der Waals surface area contributed by atoms with Gasteiger partial charge in [0.1, 0.15) is 11.4 Å². The van der Waals surface area contributed by atoms with E-state index in [4.69, 9.17) is 19.6 Å². The minimum atomic E-state index is -0.316. The topological polar surface area (TPSA) is 86.0 Å². The second-order valence-electron chi connectivity index (χ2n) is 8.77. The Labute approximate surface area is 209 Å². The predicted octanol–water partition coefficient (Wildman–Crippen LogP) is 4.49. The maximum absolute atomic E-state index is 13.6. The van der Waals surface area contributed by atoms with Crippen LogP contribution in [-0.2, 0) is 9.53 Å². The molecule has 4 aromatic rings. The molecule has 1 atom stereocenters. The molecule has 1 amide bonds. The molecule has 5 rings (SSSR count). The molecule has 0 radical (unpaired) electrons. The highest BCUT2D eigenvalue weighted by Gasteiger charge is 2.31. The number of fused-ring (bicyclic) bond motifs is 1. The second-order valence-corrected chi connectivity index (χ2v) is 8.77. The number of hydrogen-bond donors (Lipinski definition) is 0. The fraction of sp³-hybridized carbons (Fsp3) is 0.286. The highest BCUT2D eigenvalue weighted by molar-refractivity contribution is 5.94. The van der Waals surface area contributed by atoms with Crippen LogP contribution in [-0.4, -0.2) is 58.2 Å². The number of esters is 1. The van der Waals surface area contributed by atoms with E-state index in [1.165, 1.54) is 0 Å². The molecule has 2 aromatic carbocycles. The van der Waals surface area contributed by atoms with Crippen molar-refractivity contribution < 1.29 is 19.1 Å². The fourth-order valence-corrected chi connectivity index (χ4v) is 4.60. The van der Waals surface area contributed by atoms with Gasteiger partial charge in [0.25, 0.3) is 5.91 Å². The Bertz CT molecular complexity index is 1400. The lowest BCUT2D eigenvalue weighted by Crippen LogP contribution is -2.43. The smallest absolute Gasteiger partial charge is 0.310 e. The van der Waals surface area contributed by atoms with Gasteiger partial charge in [0.15, 0.2) is 5.65 Å². The lowest BCUT2D eigenvalue weighted by molar-refractivity contribution is -0.149. The van der Waals surface area contributed by atoms with Gasteiger partial charge in [0, 0.05) is 30.3 Å². The van der Waals surface area contributed by atoms with Crippen LogP contribution in [0, 0.1) is 5.92 Å². The molecule has 0 unspecified atom stereocenters. The van der Waals surface area contributed by atoms with Crippen molar-refractivity contribution >= 4 is 17.5 Å². The normalized spacial score (nSPS) is 15.6. The Kier molecular flexibility index (Phi) is 6.66. The maximum atomic E-state index is 13.6. The number of carbonyl (C=O) groups is 2. The summed E-state index contributed by atoms with van der Waals surface area (Å²) in [6.45, 7) is 3.02. The van der Waals surface area contributed by atoms with Crippen molar-refractivity contribution in [3.8, 4) is 28.3 Å². The number of likely N-dealkylation sites (tertiary alicyclic amines) is 1. The highest BCUT2D eigenvalue weighted by Crippen LogP contribution is 2.28. The number of methoxy groups -OCH3 is 1. The molecule has 1 aliphatic rings. The van der Waals surface area contributed by atoms with Gasteiger partial charge in [-0.3, -0.25) is 9.59 Å². The van der Waals surface area contributed by atoms with Gasteiger partial charge in [-0.2, -0.15) is 5.10 Å². The van der Waals surface area contributed by atoms with Crippen molar-refractivity contribution in [2.45, 2.75) is 19.8 Å². The summed E-state index contributed by atoms with van der Waals surface area (Å²) in [5.74, 6) is -0.0742. The number of amides is 1. The van der Waals surface area contributed by atoms with Crippen molar-refractivity contribution in [3.63, 3.8) is 0 Å². The summed E-state index contributed by atoms with van der Waals surface area (Å²) in [4.78, 5) is 32.3. The molecule has 1 aliphatic heterocycles.